The Morgan fingerprint density at radius 2 is 1.84 bits per heavy atom. The Kier molecular flexibility index (Phi) is 5.55. The van der Waals surface area contributed by atoms with E-state index >= 15 is 0 Å². The van der Waals surface area contributed by atoms with Crippen LogP contribution in [0.4, 0.5) is 24.9 Å². The molecule has 2 aromatic heterocycles. The number of benzene rings is 2. The van der Waals surface area contributed by atoms with E-state index < -0.39 is 23.9 Å². The zero-order valence-electron chi connectivity index (χ0n) is 17.5. The zero-order chi connectivity index (χ0) is 22.9. The number of hydrogen-bond donors (Lipinski definition) is 4. The molecule has 0 aliphatic heterocycles. The summed E-state index contributed by atoms with van der Waals surface area (Å²) in [5.41, 5.74) is 0.758. The predicted molar refractivity (Wildman–Crippen MR) is 116 cm³/mol. The van der Waals surface area contributed by atoms with Gasteiger partial charge in [0.2, 0.25) is 5.95 Å². The summed E-state index contributed by atoms with van der Waals surface area (Å²) in [4.78, 5) is 7.75. The Labute approximate surface area is 182 Å². The fraction of sp³-hybridized carbons (Fsp3) is 0.273. The highest BCUT2D eigenvalue weighted by atomic mass is 19.4. The second kappa shape index (κ2) is 8.19. The van der Waals surface area contributed by atoms with Gasteiger partial charge in [-0.25, -0.2) is 4.98 Å². The molecule has 0 bridgehead atoms. The smallest absolute Gasteiger partial charge is 0.394 e. The average Bonchev–Trinajstić information content (AvgIpc) is 3.37. The summed E-state index contributed by atoms with van der Waals surface area (Å²) in [5.74, 6) is 1.20. The number of aromatic nitrogens is 4. The highest BCUT2D eigenvalue weighted by molar-refractivity contribution is 5.81. The molecule has 4 rings (SSSR count). The SMILES string of the molecule is Cn1nccc1NCc1cccc2[nH]c(NC(C)(CO)c3cccc(C(F)(F)F)c3)nc12. The van der Waals surface area contributed by atoms with Crippen molar-refractivity contribution in [2.45, 2.75) is 25.2 Å². The molecule has 0 spiro atoms. The van der Waals surface area contributed by atoms with Crippen LogP contribution in [0.2, 0.25) is 0 Å². The van der Waals surface area contributed by atoms with Crippen LogP contribution in [0.15, 0.2) is 54.7 Å². The third-order valence-electron chi connectivity index (χ3n) is 5.41. The van der Waals surface area contributed by atoms with Crippen molar-refractivity contribution in [2.24, 2.45) is 7.05 Å². The van der Waals surface area contributed by atoms with Crippen LogP contribution in [0, 0.1) is 0 Å². The number of imidazole rings is 1. The molecule has 4 aromatic rings. The van der Waals surface area contributed by atoms with Crippen LogP contribution in [0.5, 0.6) is 0 Å². The number of alkyl halides is 3. The Morgan fingerprint density at radius 3 is 2.53 bits per heavy atom. The molecule has 2 aromatic carbocycles. The summed E-state index contributed by atoms with van der Waals surface area (Å²) >= 11 is 0. The number of anilines is 2. The van der Waals surface area contributed by atoms with Crippen LogP contribution in [0.3, 0.4) is 0 Å². The molecule has 32 heavy (non-hydrogen) atoms. The quantitative estimate of drug-likeness (QED) is 0.342. The number of aromatic amines is 1. The molecule has 0 fully saturated rings. The number of aryl methyl sites for hydroxylation is 1. The lowest BCUT2D eigenvalue weighted by Gasteiger charge is -2.29. The lowest BCUT2D eigenvalue weighted by molar-refractivity contribution is -0.137. The van der Waals surface area contributed by atoms with Gasteiger partial charge < -0.3 is 20.7 Å². The van der Waals surface area contributed by atoms with Crippen molar-refractivity contribution in [3.8, 4) is 0 Å². The summed E-state index contributed by atoms with van der Waals surface area (Å²) in [7, 11) is 1.84. The third kappa shape index (κ3) is 4.26. The number of aliphatic hydroxyl groups is 1. The number of nitrogens with one attached hydrogen (secondary N) is 3. The van der Waals surface area contributed by atoms with Crippen molar-refractivity contribution in [3.63, 3.8) is 0 Å². The number of para-hydroxylation sites is 1. The fourth-order valence-corrected chi connectivity index (χ4v) is 3.53. The maximum Gasteiger partial charge on any atom is 0.416 e. The standard InChI is InChI=1S/C22H23F3N6O/c1-21(13-32,15-6-4-7-16(11-15)22(23,24)25)30-20-28-17-8-3-5-14(19(17)29-20)12-26-18-9-10-27-31(18)2/h3-11,26,32H,12-13H2,1-2H3,(H2,28,29,30). The lowest BCUT2D eigenvalue weighted by atomic mass is 9.91. The first-order valence-electron chi connectivity index (χ1n) is 9.96. The molecule has 1 unspecified atom stereocenters. The molecule has 1 atom stereocenters. The van der Waals surface area contributed by atoms with Crippen molar-refractivity contribution in [3.05, 3.63) is 71.4 Å². The highest BCUT2D eigenvalue weighted by Crippen LogP contribution is 2.33. The summed E-state index contributed by atoms with van der Waals surface area (Å²) in [6.45, 7) is 1.70. The average molecular weight is 444 g/mol. The molecule has 4 N–H and O–H groups in total. The maximum absolute atomic E-state index is 13.2. The summed E-state index contributed by atoms with van der Waals surface area (Å²) in [6.07, 6.45) is -2.77. The maximum atomic E-state index is 13.2. The molecule has 0 amide bonds. The first-order valence-corrected chi connectivity index (χ1v) is 9.96. The van der Waals surface area contributed by atoms with Crippen LogP contribution in [-0.2, 0) is 25.3 Å². The van der Waals surface area contributed by atoms with Crippen LogP contribution in [-0.4, -0.2) is 31.5 Å². The Morgan fingerprint density at radius 1 is 1.09 bits per heavy atom. The molecule has 0 radical (unpaired) electrons. The van der Waals surface area contributed by atoms with Gasteiger partial charge in [-0.15, -0.1) is 0 Å². The lowest BCUT2D eigenvalue weighted by Crippen LogP contribution is -2.36. The fourth-order valence-electron chi connectivity index (χ4n) is 3.53. The minimum atomic E-state index is -4.47. The molecule has 2 heterocycles. The number of aliphatic hydroxyl groups excluding tert-OH is 1. The van der Waals surface area contributed by atoms with Gasteiger partial charge in [0.1, 0.15) is 5.82 Å². The van der Waals surface area contributed by atoms with E-state index in [4.69, 9.17) is 0 Å². The molecule has 0 aliphatic carbocycles. The molecule has 10 heteroatoms. The van der Waals surface area contributed by atoms with E-state index in [9.17, 15) is 18.3 Å². The van der Waals surface area contributed by atoms with Crippen molar-refractivity contribution >= 4 is 22.8 Å². The monoisotopic (exact) mass is 444 g/mol. The number of halogens is 3. The number of hydrogen-bond acceptors (Lipinski definition) is 5. The number of rotatable bonds is 7. The second-order valence-corrected chi connectivity index (χ2v) is 7.79. The van der Waals surface area contributed by atoms with Gasteiger partial charge in [-0.1, -0.05) is 24.3 Å². The van der Waals surface area contributed by atoms with Gasteiger partial charge in [-0.3, -0.25) is 4.68 Å². The van der Waals surface area contributed by atoms with Gasteiger partial charge in [0.05, 0.1) is 34.9 Å². The normalized spacial score (nSPS) is 13.8. The van der Waals surface area contributed by atoms with E-state index in [1.165, 1.54) is 6.07 Å². The van der Waals surface area contributed by atoms with Gasteiger partial charge in [0, 0.05) is 19.7 Å². The van der Waals surface area contributed by atoms with Gasteiger partial charge in [-0.2, -0.15) is 18.3 Å². The number of H-pyrrole nitrogens is 1. The van der Waals surface area contributed by atoms with Crippen molar-refractivity contribution < 1.29 is 18.3 Å². The summed E-state index contributed by atoms with van der Waals surface area (Å²) in [6, 6.07) is 12.5. The van der Waals surface area contributed by atoms with E-state index in [2.05, 4.69) is 25.7 Å². The Hall–Kier alpha value is -3.53. The van der Waals surface area contributed by atoms with Gasteiger partial charge in [0.25, 0.3) is 0 Å². The van der Waals surface area contributed by atoms with Gasteiger partial charge in [0.15, 0.2) is 0 Å². The first kappa shape index (κ1) is 21.7. The Balaban J connectivity index is 1.61. The topological polar surface area (TPSA) is 90.8 Å². The van der Waals surface area contributed by atoms with Crippen molar-refractivity contribution in [1.29, 1.82) is 0 Å². The second-order valence-electron chi connectivity index (χ2n) is 7.79. The molecule has 168 valence electrons. The zero-order valence-corrected chi connectivity index (χ0v) is 17.5. The van der Waals surface area contributed by atoms with E-state index in [1.54, 1.807) is 23.9 Å². The number of fused-ring (bicyclic) bond motifs is 1. The molecule has 0 saturated carbocycles. The van der Waals surface area contributed by atoms with Crippen LogP contribution in [0.25, 0.3) is 11.0 Å². The van der Waals surface area contributed by atoms with Crippen molar-refractivity contribution in [1.82, 2.24) is 19.7 Å². The van der Waals surface area contributed by atoms with Gasteiger partial charge >= 0.3 is 6.18 Å². The molecular formula is C22H23F3N6O. The van der Waals surface area contributed by atoms with E-state index in [0.29, 0.717) is 23.6 Å². The molecule has 7 nitrogen and oxygen atoms in total. The highest BCUT2D eigenvalue weighted by Gasteiger charge is 2.34. The van der Waals surface area contributed by atoms with Crippen LogP contribution < -0.4 is 10.6 Å². The van der Waals surface area contributed by atoms with E-state index in [0.717, 1.165) is 29.0 Å². The first-order chi connectivity index (χ1) is 15.2. The summed E-state index contributed by atoms with van der Waals surface area (Å²) < 4.78 is 41.2. The summed E-state index contributed by atoms with van der Waals surface area (Å²) in [5, 5.41) is 20.5. The largest absolute Gasteiger partial charge is 0.416 e. The minimum Gasteiger partial charge on any atom is -0.394 e. The van der Waals surface area contributed by atoms with Gasteiger partial charge in [-0.05, 0) is 36.2 Å². The van der Waals surface area contributed by atoms with Crippen molar-refractivity contribution in [2.75, 3.05) is 17.2 Å². The third-order valence-corrected chi connectivity index (χ3v) is 5.41. The van der Waals surface area contributed by atoms with Crippen LogP contribution >= 0.6 is 0 Å². The van der Waals surface area contributed by atoms with Crippen LogP contribution in [0.1, 0.15) is 23.6 Å². The van der Waals surface area contributed by atoms with E-state index in [1.807, 2.05) is 31.3 Å². The molecule has 0 saturated heterocycles. The molecular weight excluding hydrogens is 421 g/mol. The predicted octanol–water partition coefficient (Wildman–Crippen LogP) is 4.25. The number of nitrogens with zero attached hydrogens (tertiary/aromatic N) is 3. The molecule has 0 aliphatic rings. The minimum absolute atomic E-state index is 0.299. The van der Waals surface area contributed by atoms with E-state index in [-0.39, 0.29) is 0 Å². The Bertz CT molecular complexity index is 1230.